The van der Waals surface area contributed by atoms with Crippen molar-refractivity contribution in [1.29, 1.82) is 0 Å². The molecule has 0 bridgehead atoms. The number of aromatic nitrogens is 1. The molecule has 0 spiro atoms. The van der Waals surface area contributed by atoms with Crippen LogP contribution in [0.2, 0.25) is 0 Å². The second-order valence-electron chi connectivity index (χ2n) is 4.99. The Kier molecular flexibility index (Phi) is 3.74. The zero-order valence-electron chi connectivity index (χ0n) is 12.2. The largest absolute Gasteiger partial charge is 0.497 e. The van der Waals surface area contributed by atoms with Crippen LogP contribution in [0.3, 0.4) is 0 Å². The number of nitrogens with zero attached hydrogens (tertiary/aromatic N) is 1. The summed E-state index contributed by atoms with van der Waals surface area (Å²) >= 11 is 0. The molecule has 3 rings (SSSR count). The average molecular weight is 293 g/mol. The van der Waals surface area contributed by atoms with E-state index in [2.05, 4.69) is 0 Å². The van der Waals surface area contributed by atoms with Gasteiger partial charge in [0.15, 0.2) is 5.78 Å². The van der Waals surface area contributed by atoms with Crippen LogP contribution in [0.1, 0.15) is 10.4 Å². The second kappa shape index (κ2) is 5.85. The maximum absolute atomic E-state index is 12.4. The van der Waals surface area contributed by atoms with E-state index in [1.54, 1.807) is 43.6 Å². The Hall–Kier alpha value is -2.88. The van der Waals surface area contributed by atoms with Crippen molar-refractivity contribution in [2.75, 3.05) is 7.11 Å². The Morgan fingerprint density at radius 1 is 1.09 bits per heavy atom. The van der Waals surface area contributed by atoms with Crippen molar-refractivity contribution in [1.82, 2.24) is 4.57 Å². The minimum Gasteiger partial charge on any atom is -0.497 e. The van der Waals surface area contributed by atoms with Gasteiger partial charge in [-0.15, -0.1) is 0 Å². The first kappa shape index (κ1) is 14.1. The van der Waals surface area contributed by atoms with Crippen molar-refractivity contribution >= 4 is 16.6 Å². The number of methoxy groups -OCH3 is 1. The summed E-state index contributed by atoms with van der Waals surface area (Å²) in [7, 11) is 1.55. The van der Waals surface area contributed by atoms with Gasteiger partial charge in [0.2, 0.25) is 0 Å². The molecule has 0 fully saturated rings. The number of carbonyl (C=O) groups is 1. The molecule has 0 amide bonds. The second-order valence-corrected chi connectivity index (χ2v) is 4.99. The maximum Gasteiger partial charge on any atom is 0.258 e. The minimum absolute atomic E-state index is 0.0107. The van der Waals surface area contributed by atoms with Gasteiger partial charge in [-0.05, 0) is 29.7 Å². The van der Waals surface area contributed by atoms with Crippen molar-refractivity contribution in [3.8, 4) is 5.75 Å². The first-order valence-corrected chi connectivity index (χ1v) is 6.94. The smallest absolute Gasteiger partial charge is 0.258 e. The standard InChI is InChI=1S/C18H15NO3/c1-22-15-7-4-6-14(11-15)17(20)12-19-10-9-13-5-2-3-8-16(13)18(19)21/h2-11H,12H2,1H3. The van der Waals surface area contributed by atoms with E-state index >= 15 is 0 Å². The molecule has 0 aliphatic heterocycles. The number of pyridine rings is 1. The van der Waals surface area contributed by atoms with Gasteiger partial charge in [-0.2, -0.15) is 0 Å². The molecule has 110 valence electrons. The molecule has 0 unspecified atom stereocenters. The third kappa shape index (κ3) is 2.63. The zero-order valence-corrected chi connectivity index (χ0v) is 12.2. The highest BCUT2D eigenvalue weighted by Gasteiger charge is 2.10. The molecule has 4 heteroatoms. The Balaban J connectivity index is 1.94. The summed E-state index contributed by atoms with van der Waals surface area (Å²) in [5.74, 6) is 0.494. The number of ketones is 1. The van der Waals surface area contributed by atoms with Gasteiger partial charge in [0.1, 0.15) is 5.75 Å². The van der Waals surface area contributed by atoms with Gasteiger partial charge in [0, 0.05) is 17.1 Å². The van der Waals surface area contributed by atoms with Crippen molar-refractivity contribution in [3.05, 3.63) is 76.7 Å². The molecular weight excluding hydrogens is 278 g/mol. The summed E-state index contributed by atoms with van der Waals surface area (Å²) in [6, 6.07) is 16.1. The van der Waals surface area contributed by atoms with E-state index in [9.17, 15) is 9.59 Å². The van der Waals surface area contributed by atoms with Crippen LogP contribution in [-0.4, -0.2) is 17.5 Å². The van der Waals surface area contributed by atoms with E-state index < -0.39 is 0 Å². The monoisotopic (exact) mass is 293 g/mol. The predicted octanol–water partition coefficient (Wildman–Crippen LogP) is 2.89. The molecule has 0 saturated heterocycles. The molecule has 4 nitrogen and oxygen atoms in total. The van der Waals surface area contributed by atoms with Crippen LogP contribution in [0.4, 0.5) is 0 Å². The summed E-state index contributed by atoms with van der Waals surface area (Å²) in [6.07, 6.45) is 1.66. The Labute approximate surface area is 127 Å². The summed E-state index contributed by atoms with van der Waals surface area (Å²) in [5, 5.41) is 1.49. The van der Waals surface area contributed by atoms with Gasteiger partial charge >= 0.3 is 0 Å². The predicted molar refractivity (Wildman–Crippen MR) is 85.5 cm³/mol. The molecule has 3 aromatic rings. The SMILES string of the molecule is COc1cccc(C(=O)Cn2ccc3ccccc3c2=O)c1. The van der Waals surface area contributed by atoms with E-state index in [4.69, 9.17) is 4.74 Å². The highest BCUT2D eigenvalue weighted by atomic mass is 16.5. The van der Waals surface area contributed by atoms with Crippen LogP contribution in [0.25, 0.3) is 10.8 Å². The van der Waals surface area contributed by atoms with Gasteiger partial charge in [-0.3, -0.25) is 9.59 Å². The summed E-state index contributed by atoms with van der Waals surface area (Å²) in [6.45, 7) is 0.0107. The zero-order chi connectivity index (χ0) is 15.5. The summed E-state index contributed by atoms with van der Waals surface area (Å²) in [5.41, 5.74) is 0.369. The van der Waals surface area contributed by atoms with Crippen LogP contribution in [-0.2, 0) is 6.54 Å². The minimum atomic E-state index is -0.158. The van der Waals surface area contributed by atoms with E-state index in [-0.39, 0.29) is 17.9 Å². The van der Waals surface area contributed by atoms with E-state index in [1.165, 1.54) is 4.57 Å². The highest BCUT2D eigenvalue weighted by Crippen LogP contribution is 2.14. The van der Waals surface area contributed by atoms with Gasteiger partial charge in [0.05, 0.1) is 13.7 Å². The molecule has 0 atom stereocenters. The molecule has 22 heavy (non-hydrogen) atoms. The lowest BCUT2D eigenvalue weighted by molar-refractivity contribution is 0.0970. The number of carbonyl (C=O) groups excluding carboxylic acids is 1. The van der Waals surface area contributed by atoms with Crippen molar-refractivity contribution in [3.63, 3.8) is 0 Å². The average Bonchev–Trinajstić information content (AvgIpc) is 2.57. The fourth-order valence-corrected chi connectivity index (χ4v) is 2.40. The summed E-state index contributed by atoms with van der Waals surface area (Å²) < 4.78 is 6.55. The lowest BCUT2D eigenvalue weighted by Crippen LogP contribution is -2.23. The van der Waals surface area contributed by atoms with Crippen molar-refractivity contribution in [2.24, 2.45) is 0 Å². The Bertz CT molecular complexity index is 896. The van der Waals surface area contributed by atoms with Gasteiger partial charge in [-0.25, -0.2) is 0 Å². The maximum atomic E-state index is 12.4. The van der Waals surface area contributed by atoms with Crippen LogP contribution in [0.5, 0.6) is 5.75 Å². The van der Waals surface area contributed by atoms with Crippen LogP contribution < -0.4 is 10.3 Å². The molecule has 0 aliphatic rings. The normalized spacial score (nSPS) is 10.6. The van der Waals surface area contributed by atoms with Crippen molar-refractivity contribution in [2.45, 2.75) is 6.54 Å². The highest BCUT2D eigenvalue weighted by molar-refractivity contribution is 5.96. The number of Topliss-reactive ketones (excluding diaryl/α,β-unsaturated/α-hetero) is 1. The fourth-order valence-electron chi connectivity index (χ4n) is 2.40. The molecular formula is C18H15NO3. The quantitative estimate of drug-likeness (QED) is 0.695. The van der Waals surface area contributed by atoms with E-state index in [1.807, 2.05) is 24.3 Å². The van der Waals surface area contributed by atoms with E-state index in [0.717, 1.165) is 5.39 Å². The Morgan fingerprint density at radius 2 is 1.91 bits per heavy atom. The third-order valence-electron chi connectivity index (χ3n) is 3.59. The molecule has 0 aliphatic carbocycles. The molecule has 0 saturated carbocycles. The van der Waals surface area contributed by atoms with Crippen LogP contribution in [0, 0.1) is 0 Å². The topological polar surface area (TPSA) is 48.3 Å². The number of benzene rings is 2. The lowest BCUT2D eigenvalue weighted by Gasteiger charge is -2.07. The van der Waals surface area contributed by atoms with Crippen LogP contribution >= 0.6 is 0 Å². The fraction of sp³-hybridized carbons (Fsp3) is 0.111. The third-order valence-corrected chi connectivity index (χ3v) is 3.59. The Morgan fingerprint density at radius 3 is 2.73 bits per heavy atom. The molecule has 0 N–H and O–H groups in total. The molecule has 1 aromatic heterocycles. The molecule has 1 heterocycles. The number of ether oxygens (including phenoxy) is 1. The number of hydrogen-bond acceptors (Lipinski definition) is 3. The lowest BCUT2D eigenvalue weighted by atomic mass is 10.1. The van der Waals surface area contributed by atoms with Crippen molar-refractivity contribution < 1.29 is 9.53 Å². The first-order chi connectivity index (χ1) is 10.7. The van der Waals surface area contributed by atoms with Crippen LogP contribution in [0.15, 0.2) is 65.6 Å². The van der Waals surface area contributed by atoms with Gasteiger partial charge < -0.3 is 9.30 Å². The van der Waals surface area contributed by atoms with Gasteiger partial charge in [0.25, 0.3) is 5.56 Å². The first-order valence-electron chi connectivity index (χ1n) is 6.94. The summed E-state index contributed by atoms with van der Waals surface area (Å²) in [4.78, 5) is 24.8. The number of rotatable bonds is 4. The number of hydrogen-bond donors (Lipinski definition) is 0. The molecule has 2 aromatic carbocycles. The van der Waals surface area contributed by atoms with Gasteiger partial charge in [-0.1, -0.05) is 30.3 Å². The van der Waals surface area contributed by atoms with E-state index in [0.29, 0.717) is 16.7 Å². The molecule has 0 radical (unpaired) electrons. The number of fused-ring (bicyclic) bond motifs is 1.